The van der Waals surface area contributed by atoms with E-state index in [9.17, 15) is 4.79 Å². The Kier molecular flexibility index (Phi) is 5.22. The van der Waals surface area contributed by atoms with Gasteiger partial charge >= 0.3 is 0 Å². The number of anilines is 1. The molecule has 0 saturated heterocycles. The molecule has 2 aromatic rings. The zero-order chi connectivity index (χ0) is 18.0. The van der Waals surface area contributed by atoms with Gasteiger partial charge in [0.15, 0.2) is 0 Å². The van der Waals surface area contributed by atoms with E-state index in [0.29, 0.717) is 0 Å². The van der Waals surface area contributed by atoms with Gasteiger partial charge in [-0.3, -0.25) is 14.8 Å². The molecule has 1 aliphatic carbocycles. The summed E-state index contributed by atoms with van der Waals surface area (Å²) in [5.74, 6) is 0.689. The molecule has 7 nitrogen and oxygen atoms in total. The Morgan fingerprint density at radius 3 is 2.88 bits per heavy atom. The minimum atomic E-state index is -0.295. The summed E-state index contributed by atoms with van der Waals surface area (Å²) < 4.78 is 3.88. The normalized spacial score (nSPS) is 18.2. The van der Waals surface area contributed by atoms with Crippen molar-refractivity contribution in [1.82, 2.24) is 24.9 Å². The van der Waals surface area contributed by atoms with Crippen molar-refractivity contribution in [2.75, 3.05) is 5.32 Å². The number of carbonyl (C=O) groups excluding carboxylic acids is 1. The predicted molar refractivity (Wildman–Crippen MR) is 97.4 cm³/mol. The molecule has 0 fully saturated rings. The Morgan fingerprint density at radius 1 is 1.36 bits per heavy atom. The smallest absolute Gasteiger partial charge is 0.242 e. The van der Waals surface area contributed by atoms with Crippen LogP contribution in [0, 0.1) is 0 Å². The first-order valence-corrected chi connectivity index (χ1v) is 9.16. The van der Waals surface area contributed by atoms with E-state index in [-0.39, 0.29) is 24.0 Å². The van der Waals surface area contributed by atoms with Gasteiger partial charge in [-0.15, -0.1) is 0 Å². The summed E-state index contributed by atoms with van der Waals surface area (Å²) >= 11 is 0. The van der Waals surface area contributed by atoms with Gasteiger partial charge in [-0.1, -0.05) is 0 Å². The summed E-state index contributed by atoms with van der Waals surface area (Å²) in [5, 5.41) is 15.2. The van der Waals surface area contributed by atoms with Gasteiger partial charge in [0.1, 0.15) is 5.82 Å². The molecule has 0 bridgehead atoms. The van der Waals surface area contributed by atoms with Crippen LogP contribution in [0.5, 0.6) is 0 Å². The number of nitrogens with zero attached hydrogens (tertiary/aromatic N) is 4. The van der Waals surface area contributed by atoms with Crippen molar-refractivity contribution in [3.63, 3.8) is 0 Å². The van der Waals surface area contributed by atoms with E-state index < -0.39 is 0 Å². The van der Waals surface area contributed by atoms with Crippen LogP contribution in [0.1, 0.15) is 63.9 Å². The van der Waals surface area contributed by atoms with E-state index in [4.69, 9.17) is 0 Å². The van der Waals surface area contributed by atoms with Gasteiger partial charge in [-0.05, 0) is 47.0 Å². The van der Waals surface area contributed by atoms with Crippen LogP contribution in [-0.2, 0) is 17.8 Å². The maximum absolute atomic E-state index is 12.6. The molecule has 7 heteroatoms. The molecule has 2 N–H and O–H groups in total. The van der Waals surface area contributed by atoms with Crippen LogP contribution < -0.4 is 10.6 Å². The van der Waals surface area contributed by atoms with E-state index >= 15 is 0 Å². The van der Waals surface area contributed by atoms with Gasteiger partial charge in [0.25, 0.3) is 0 Å². The van der Waals surface area contributed by atoms with E-state index in [2.05, 4.69) is 32.4 Å². The summed E-state index contributed by atoms with van der Waals surface area (Å²) in [7, 11) is 0. The van der Waals surface area contributed by atoms with Gasteiger partial charge in [-0.25, -0.2) is 4.68 Å². The van der Waals surface area contributed by atoms with Crippen molar-refractivity contribution in [2.24, 2.45) is 0 Å². The molecule has 2 unspecified atom stereocenters. The van der Waals surface area contributed by atoms with Crippen molar-refractivity contribution >= 4 is 11.7 Å². The number of nitrogens with one attached hydrogen (secondary N) is 2. The third-order valence-corrected chi connectivity index (χ3v) is 4.82. The molecule has 0 radical (unpaired) electrons. The molecule has 136 valence electrons. The molecule has 1 amide bonds. The van der Waals surface area contributed by atoms with Gasteiger partial charge in [-0.2, -0.15) is 10.2 Å². The molecule has 3 rings (SSSR count). The number of aromatic nitrogens is 4. The highest BCUT2D eigenvalue weighted by molar-refractivity contribution is 5.93. The SMILES string of the molecule is CCn1ncc2c1CCCC2NC(C)C(=O)Nc1ccnn1C(C)C. The number of fused-ring (bicyclic) bond motifs is 1. The first-order valence-electron chi connectivity index (χ1n) is 9.16. The standard InChI is InChI=1S/C18H28N6O/c1-5-23-16-8-6-7-15(14(16)11-20-23)21-13(4)18(25)22-17-9-10-19-24(17)12(2)3/h9-13,15,21H,5-8H2,1-4H3,(H,22,25). The summed E-state index contributed by atoms with van der Waals surface area (Å²) in [6.45, 7) is 8.98. The molecule has 2 atom stereocenters. The maximum Gasteiger partial charge on any atom is 0.242 e. The molecule has 2 heterocycles. The van der Waals surface area contributed by atoms with Gasteiger partial charge < -0.3 is 5.32 Å². The Balaban J connectivity index is 1.66. The van der Waals surface area contributed by atoms with Gasteiger partial charge in [0.05, 0.1) is 18.4 Å². The lowest BCUT2D eigenvalue weighted by Gasteiger charge is -2.27. The minimum Gasteiger partial charge on any atom is -0.310 e. The molecule has 0 aromatic carbocycles. The number of rotatable bonds is 6. The fourth-order valence-electron chi connectivity index (χ4n) is 3.50. The van der Waals surface area contributed by atoms with E-state index in [1.165, 1.54) is 11.3 Å². The van der Waals surface area contributed by atoms with E-state index in [1.807, 2.05) is 37.7 Å². The lowest BCUT2D eigenvalue weighted by molar-refractivity contribution is -0.118. The first-order chi connectivity index (χ1) is 12.0. The molecule has 1 aliphatic rings. The van der Waals surface area contributed by atoms with Crippen molar-refractivity contribution in [3.05, 3.63) is 29.7 Å². The van der Waals surface area contributed by atoms with Crippen molar-refractivity contribution in [2.45, 2.75) is 71.6 Å². The lowest BCUT2D eigenvalue weighted by Crippen LogP contribution is -2.41. The zero-order valence-electron chi connectivity index (χ0n) is 15.5. The second kappa shape index (κ2) is 7.39. The number of amides is 1. The minimum absolute atomic E-state index is 0.0441. The van der Waals surface area contributed by atoms with Crippen LogP contribution in [0.3, 0.4) is 0 Å². The number of carbonyl (C=O) groups is 1. The van der Waals surface area contributed by atoms with E-state index in [0.717, 1.165) is 31.6 Å². The molecular weight excluding hydrogens is 316 g/mol. The monoisotopic (exact) mass is 344 g/mol. The summed E-state index contributed by atoms with van der Waals surface area (Å²) in [6, 6.07) is 1.92. The number of hydrogen-bond acceptors (Lipinski definition) is 4. The highest BCUT2D eigenvalue weighted by Gasteiger charge is 2.27. The lowest BCUT2D eigenvalue weighted by atomic mass is 9.92. The molecule has 0 spiro atoms. The second-order valence-corrected chi connectivity index (χ2v) is 6.94. The largest absolute Gasteiger partial charge is 0.310 e. The predicted octanol–water partition coefficient (Wildman–Crippen LogP) is 2.67. The number of hydrogen-bond donors (Lipinski definition) is 2. The quantitative estimate of drug-likeness (QED) is 0.845. The van der Waals surface area contributed by atoms with E-state index in [1.54, 1.807) is 6.20 Å². The Bertz CT molecular complexity index is 732. The first kappa shape index (κ1) is 17.7. The van der Waals surface area contributed by atoms with Crippen molar-refractivity contribution in [1.29, 1.82) is 0 Å². The average Bonchev–Trinajstić information content (AvgIpc) is 3.21. The van der Waals surface area contributed by atoms with Crippen LogP contribution in [0.15, 0.2) is 18.5 Å². The maximum atomic E-state index is 12.6. The second-order valence-electron chi connectivity index (χ2n) is 6.94. The van der Waals surface area contributed by atoms with Crippen LogP contribution >= 0.6 is 0 Å². The molecule has 25 heavy (non-hydrogen) atoms. The third-order valence-electron chi connectivity index (χ3n) is 4.82. The molecular formula is C18H28N6O. The van der Waals surface area contributed by atoms with Crippen molar-refractivity contribution in [3.8, 4) is 0 Å². The summed E-state index contributed by atoms with van der Waals surface area (Å²) in [5.41, 5.74) is 2.54. The molecule has 0 aliphatic heterocycles. The fraction of sp³-hybridized carbons (Fsp3) is 0.611. The Morgan fingerprint density at radius 2 is 2.16 bits per heavy atom. The zero-order valence-corrected chi connectivity index (χ0v) is 15.5. The Hall–Kier alpha value is -2.15. The van der Waals surface area contributed by atoms with Gasteiger partial charge in [0, 0.05) is 36.0 Å². The highest BCUT2D eigenvalue weighted by Crippen LogP contribution is 2.30. The average molecular weight is 344 g/mol. The molecule has 2 aromatic heterocycles. The third kappa shape index (κ3) is 3.61. The van der Waals surface area contributed by atoms with Crippen LogP contribution in [0.2, 0.25) is 0 Å². The fourth-order valence-corrected chi connectivity index (χ4v) is 3.50. The van der Waals surface area contributed by atoms with Crippen LogP contribution in [-0.4, -0.2) is 31.5 Å². The summed E-state index contributed by atoms with van der Waals surface area (Å²) in [4.78, 5) is 12.6. The topological polar surface area (TPSA) is 76.8 Å². The summed E-state index contributed by atoms with van der Waals surface area (Å²) in [6.07, 6.45) is 6.87. The molecule has 0 saturated carbocycles. The van der Waals surface area contributed by atoms with Gasteiger partial charge in [0.2, 0.25) is 5.91 Å². The Labute approximate surface area is 148 Å². The highest BCUT2D eigenvalue weighted by atomic mass is 16.2. The van der Waals surface area contributed by atoms with Crippen molar-refractivity contribution < 1.29 is 4.79 Å². The number of aryl methyl sites for hydroxylation is 1. The van der Waals surface area contributed by atoms with Crippen LogP contribution in [0.25, 0.3) is 0 Å². The van der Waals surface area contributed by atoms with Crippen LogP contribution in [0.4, 0.5) is 5.82 Å².